The number of nitrogens with one attached hydrogen (secondary N) is 1. The average Bonchev–Trinajstić information content (AvgIpc) is 2.79. The summed E-state index contributed by atoms with van der Waals surface area (Å²) in [4.78, 5) is 8.92. The summed E-state index contributed by atoms with van der Waals surface area (Å²) in [5.74, 6) is 0.880. The van der Waals surface area contributed by atoms with E-state index in [9.17, 15) is 0 Å². The van der Waals surface area contributed by atoms with Gasteiger partial charge in [-0.05, 0) is 18.6 Å². The molecule has 0 aliphatic rings. The van der Waals surface area contributed by atoms with E-state index in [1.165, 1.54) is 10.9 Å². The Morgan fingerprint density at radius 1 is 1.21 bits per heavy atom. The van der Waals surface area contributed by atoms with E-state index >= 15 is 0 Å². The highest BCUT2D eigenvalue weighted by molar-refractivity contribution is 5.81. The summed E-state index contributed by atoms with van der Waals surface area (Å²) in [5.41, 5.74) is 3.27. The van der Waals surface area contributed by atoms with Gasteiger partial charge in [0.1, 0.15) is 0 Å². The largest absolute Gasteiger partial charge is 0.359 e. The maximum absolute atomic E-state index is 4.49. The Morgan fingerprint density at radius 3 is 2.89 bits per heavy atom. The van der Waals surface area contributed by atoms with Gasteiger partial charge in [0.25, 0.3) is 0 Å². The van der Waals surface area contributed by atoms with Crippen molar-refractivity contribution in [3.63, 3.8) is 0 Å². The van der Waals surface area contributed by atoms with Crippen molar-refractivity contribution in [2.24, 2.45) is 0 Å². The first kappa shape index (κ1) is 11.7. The third-order valence-electron chi connectivity index (χ3n) is 3.18. The zero-order chi connectivity index (χ0) is 13.2. The predicted molar refractivity (Wildman–Crippen MR) is 77.4 cm³/mol. The molecule has 1 N–H and O–H groups in total. The molecule has 0 fully saturated rings. The highest BCUT2D eigenvalue weighted by Gasteiger charge is 2.07. The van der Waals surface area contributed by atoms with Gasteiger partial charge in [-0.15, -0.1) is 0 Å². The highest BCUT2D eigenvalue weighted by Crippen LogP contribution is 2.19. The Kier molecular flexibility index (Phi) is 2.91. The van der Waals surface area contributed by atoms with Crippen molar-refractivity contribution in [1.82, 2.24) is 14.5 Å². The molecule has 0 atom stereocenters. The number of aromatic nitrogens is 3. The molecule has 2 aromatic heterocycles. The van der Waals surface area contributed by atoms with Crippen LogP contribution in [0.1, 0.15) is 11.3 Å². The topological polar surface area (TPSA) is 42.7 Å². The van der Waals surface area contributed by atoms with E-state index in [1.54, 1.807) is 0 Å². The molecule has 0 saturated carbocycles. The second-order valence-corrected chi connectivity index (χ2v) is 4.58. The van der Waals surface area contributed by atoms with Crippen LogP contribution < -0.4 is 5.32 Å². The van der Waals surface area contributed by atoms with Crippen LogP contribution in [0.25, 0.3) is 10.9 Å². The van der Waals surface area contributed by atoms with Gasteiger partial charge in [0.05, 0.1) is 17.8 Å². The highest BCUT2D eigenvalue weighted by atomic mass is 15.2. The van der Waals surface area contributed by atoms with Crippen molar-refractivity contribution in [2.75, 3.05) is 12.4 Å². The summed E-state index contributed by atoms with van der Waals surface area (Å²) in [5, 5.41) is 4.29. The molecule has 1 aromatic carbocycles. The SMILES string of the molecule is CNc1nc(C)cn1Cc1cccc2cccnc12. The second-order valence-electron chi connectivity index (χ2n) is 4.58. The molecule has 0 unspecified atom stereocenters. The van der Waals surface area contributed by atoms with Gasteiger partial charge in [-0.3, -0.25) is 4.98 Å². The van der Waals surface area contributed by atoms with Gasteiger partial charge in [0.2, 0.25) is 5.95 Å². The summed E-state index contributed by atoms with van der Waals surface area (Å²) < 4.78 is 2.11. The third kappa shape index (κ3) is 2.17. The number of fused-ring (bicyclic) bond motifs is 1. The normalized spacial score (nSPS) is 10.8. The fraction of sp³-hybridized carbons (Fsp3) is 0.200. The van der Waals surface area contributed by atoms with E-state index in [2.05, 4.69) is 44.1 Å². The maximum Gasteiger partial charge on any atom is 0.203 e. The lowest BCUT2D eigenvalue weighted by Gasteiger charge is -2.09. The van der Waals surface area contributed by atoms with Gasteiger partial charge in [-0.25, -0.2) is 4.98 Å². The molecular weight excluding hydrogens is 236 g/mol. The number of nitrogens with zero attached hydrogens (tertiary/aromatic N) is 3. The van der Waals surface area contributed by atoms with Gasteiger partial charge in [-0.1, -0.05) is 24.3 Å². The number of hydrogen-bond acceptors (Lipinski definition) is 3. The molecule has 0 bridgehead atoms. The van der Waals surface area contributed by atoms with Crippen LogP contribution in [-0.4, -0.2) is 21.6 Å². The van der Waals surface area contributed by atoms with Gasteiger partial charge < -0.3 is 9.88 Å². The first-order chi connectivity index (χ1) is 9.28. The van der Waals surface area contributed by atoms with Crippen molar-refractivity contribution in [3.8, 4) is 0 Å². The minimum atomic E-state index is 0.769. The molecule has 0 spiro atoms. The summed E-state index contributed by atoms with van der Waals surface area (Å²) >= 11 is 0. The molecule has 0 aliphatic heterocycles. The van der Waals surface area contributed by atoms with Gasteiger partial charge in [0.15, 0.2) is 0 Å². The van der Waals surface area contributed by atoms with Crippen molar-refractivity contribution in [3.05, 3.63) is 54.0 Å². The van der Waals surface area contributed by atoms with Crippen molar-refractivity contribution < 1.29 is 0 Å². The molecule has 0 radical (unpaired) electrons. The number of anilines is 1. The Hall–Kier alpha value is -2.36. The lowest BCUT2D eigenvalue weighted by Crippen LogP contribution is -2.04. The number of pyridine rings is 1. The fourth-order valence-electron chi connectivity index (χ4n) is 2.35. The molecule has 0 saturated heterocycles. The molecule has 2 heterocycles. The number of aryl methyl sites for hydroxylation is 1. The lowest BCUT2D eigenvalue weighted by atomic mass is 10.1. The molecule has 0 amide bonds. The van der Waals surface area contributed by atoms with Crippen molar-refractivity contribution >= 4 is 16.9 Å². The van der Waals surface area contributed by atoms with Crippen molar-refractivity contribution in [2.45, 2.75) is 13.5 Å². The van der Waals surface area contributed by atoms with Crippen LogP contribution in [0.15, 0.2) is 42.7 Å². The minimum absolute atomic E-state index is 0.769. The average molecular weight is 252 g/mol. The number of rotatable bonds is 3. The van der Waals surface area contributed by atoms with Crippen LogP contribution in [0.3, 0.4) is 0 Å². The van der Waals surface area contributed by atoms with Crippen molar-refractivity contribution in [1.29, 1.82) is 0 Å². The second kappa shape index (κ2) is 4.72. The summed E-state index contributed by atoms with van der Waals surface area (Å²) in [7, 11) is 1.89. The van der Waals surface area contributed by atoms with Crippen LogP contribution >= 0.6 is 0 Å². The molecule has 3 aromatic rings. The maximum atomic E-state index is 4.49. The standard InChI is InChI=1S/C15H16N4/c1-11-9-19(15(16-2)18-11)10-13-6-3-5-12-7-4-8-17-14(12)13/h3-9H,10H2,1-2H3,(H,16,18). The van der Waals surface area contributed by atoms with Crippen LogP contribution in [0.5, 0.6) is 0 Å². The summed E-state index contributed by atoms with van der Waals surface area (Å²) in [6, 6.07) is 10.3. The van der Waals surface area contributed by atoms with E-state index in [0.29, 0.717) is 0 Å². The Morgan fingerprint density at radius 2 is 2.05 bits per heavy atom. The van der Waals surface area contributed by atoms with E-state index in [-0.39, 0.29) is 0 Å². The Balaban J connectivity index is 2.05. The van der Waals surface area contributed by atoms with Crippen LogP contribution in [0, 0.1) is 6.92 Å². The molecule has 0 aliphatic carbocycles. The predicted octanol–water partition coefficient (Wildman–Crippen LogP) is 2.83. The minimum Gasteiger partial charge on any atom is -0.359 e. The number of imidazole rings is 1. The summed E-state index contributed by atoms with van der Waals surface area (Å²) in [6.45, 7) is 2.77. The van der Waals surface area contributed by atoms with Crippen LogP contribution in [-0.2, 0) is 6.54 Å². The number of hydrogen-bond donors (Lipinski definition) is 1. The first-order valence-corrected chi connectivity index (χ1v) is 6.32. The Bertz CT molecular complexity index is 710. The van der Waals surface area contributed by atoms with Gasteiger partial charge in [0, 0.05) is 24.8 Å². The molecule has 19 heavy (non-hydrogen) atoms. The quantitative estimate of drug-likeness (QED) is 0.779. The van der Waals surface area contributed by atoms with Crippen LogP contribution in [0.4, 0.5) is 5.95 Å². The first-order valence-electron chi connectivity index (χ1n) is 6.32. The molecule has 4 heteroatoms. The van der Waals surface area contributed by atoms with Gasteiger partial charge >= 0.3 is 0 Å². The fourth-order valence-corrected chi connectivity index (χ4v) is 2.35. The Labute approximate surface area is 112 Å². The van der Waals surface area contributed by atoms with E-state index in [4.69, 9.17) is 0 Å². The lowest BCUT2D eigenvalue weighted by molar-refractivity contribution is 0.808. The van der Waals surface area contributed by atoms with E-state index in [1.807, 2.05) is 32.4 Å². The molecule has 4 nitrogen and oxygen atoms in total. The van der Waals surface area contributed by atoms with E-state index in [0.717, 1.165) is 23.7 Å². The van der Waals surface area contributed by atoms with E-state index < -0.39 is 0 Å². The zero-order valence-electron chi connectivity index (χ0n) is 11.1. The van der Waals surface area contributed by atoms with Gasteiger partial charge in [-0.2, -0.15) is 0 Å². The van der Waals surface area contributed by atoms with Crippen LogP contribution in [0.2, 0.25) is 0 Å². The monoisotopic (exact) mass is 252 g/mol. The smallest absolute Gasteiger partial charge is 0.203 e. The number of benzene rings is 1. The number of para-hydroxylation sites is 1. The molecule has 96 valence electrons. The molecule has 3 rings (SSSR count). The zero-order valence-corrected chi connectivity index (χ0v) is 11.1. The molecular formula is C15H16N4. The third-order valence-corrected chi connectivity index (χ3v) is 3.18. The summed E-state index contributed by atoms with van der Waals surface area (Å²) in [6.07, 6.45) is 3.89.